The molecule has 0 unspecified atom stereocenters. The van der Waals surface area contributed by atoms with E-state index in [1.54, 1.807) is 0 Å². The predicted octanol–water partition coefficient (Wildman–Crippen LogP) is 2.64. The van der Waals surface area contributed by atoms with E-state index in [-0.39, 0.29) is 0 Å². The molecule has 60 valence electrons. The summed E-state index contributed by atoms with van der Waals surface area (Å²) < 4.78 is 5.40. The maximum Gasteiger partial charge on any atom is 0.229 e. The lowest BCUT2D eigenvalue weighted by molar-refractivity contribution is 0.325. The zero-order valence-electron chi connectivity index (χ0n) is 7.15. The van der Waals surface area contributed by atoms with Crippen LogP contribution in [0.2, 0.25) is 6.04 Å². The third-order valence-electron chi connectivity index (χ3n) is 1.33. The quantitative estimate of drug-likeness (QED) is 0.409. The van der Waals surface area contributed by atoms with Gasteiger partial charge in [-0.25, -0.2) is 0 Å². The van der Waals surface area contributed by atoms with Crippen LogP contribution in [-0.2, 0) is 4.43 Å². The predicted molar refractivity (Wildman–Crippen MR) is 46.3 cm³/mol. The van der Waals surface area contributed by atoms with Crippen LogP contribution < -0.4 is 0 Å². The summed E-state index contributed by atoms with van der Waals surface area (Å²) in [5.41, 5.74) is 0. The Labute approximate surface area is 67.1 Å². The van der Waals surface area contributed by atoms with Crippen molar-refractivity contribution in [1.29, 1.82) is 0 Å². The Hall–Kier alpha value is 0.177. The Kier molecular flexibility index (Phi) is 9.34. The van der Waals surface area contributed by atoms with Gasteiger partial charge in [0, 0.05) is 6.61 Å². The Morgan fingerprint density at radius 1 is 1.10 bits per heavy atom. The van der Waals surface area contributed by atoms with Crippen molar-refractivity contribution in [2.75, 3.05) is 6.61 Å². The van der Waals surface area contributed by atoms with E-state index in [1.165, 1.54) is 31.7 Å². The smallest absolute Gasteiger partial charge is 0.229 e. The van der Waals surface area contributed by atoms with Crippen molar-refractivity contribution in [3.05, 3.63) is 0 Å². The third-order valence-corrected chi connectivity index (χ3v) is 2.30. The van der Waals surface area contributed by atoms with Crippen molar-refractivity contribution < 1.29 is 4.43 Å². The molecule has 1 nitrogen and oxygen atoms in total. The van der Waals surface area contributed by atoms with E-state index in [0.29, 0.717) is 0 Å². The fourth-order valence-electron chi connectivity index (χ4n) is 0.610. The molecular formula is C8H18OSi. The summed E-state index contributed by atoms with van der Waals surface area (Å²) in [5, 5.41) is 0. The van der Waals surface area contributed by atoms with Gasteiger partial charge in [0.25, 0.3) is 0 Å². The van der Waals surface area contributed by atoms with Crippen LogP contribution in [0.25, 0.3) is 0 Å². The third kappa shape index (κ3) is 8.18. The Bertz CT molecular complexity index is 49.2. The van der Waals surface area contributed by atoms with Crippen LogP contribution in [0.1, 0.15) is 39.5 Å². The van der Waals surface area contributed by atoms with Gasteiger partial charge in [-0.3, -0.25) is 0 Å². The highest BCUT2D eigenvalue weighted by Gasteiger charge is 1.89. The average Bonchev–Trinajstić information content (AvgIpc) is 1.97. The van der Waals surface area contributed by atoms with Crippen molar-refractivity contribution in [1.82, 2.24) is 0 Å². The lowest BCUT2D eigenvalue weighted by Gasteiger charge is -1.99. The van der Waals surface area contributed by atoms with Gasteiger partial charge >= 0.3 is 0 Å². The fraction of sp³-hybridized carbons (Fsp3) is 1.00. The van der Waals surface area contributed by atoms with Crippen molar-refractivity contribution in [2.24, 2.45) is 0 Å². The highest BCUT2D eigenvalue weighted by molar-refractivity contribution is 6.26. The number of hydrogen-bond acceptors (Lipinski definition) is 1. The van der Waals surface area contributed by atoms with E-state index in [0.717, 1.165) is 16.4 Å². The Morgan fingerprint density at radius 3 is 2.40 bits per heavy atom. The van der Waals surface area contributed by atoms with Crippen LogP contribution in [-0.4, -0.2) is 16.4 Å². The van der Waals surface area contributed by atoms with E-state index in [4.69, 9.17) is 4.43 Å². The summed E-state index contributed by atoms with van der Waals surface area (Å²) >= 11 is 0. The van der Waals surface area contributed by atoms with Gasteiger partial charge < -0.3 is 4.43 Å². The van der Waals surface area contributed by atoms with Gasteiger partial charge in [-0.2, -0.15) is 0 Å². The van der Waals surface area contributed by atoms with Gasteiger partial charge in [0.15, 0.2) is 0 Å². The van der Waals surface area contributed by atoms with Crippen LogP contribution in [0, 0.1) is 0 Å². The zero-order chi connectivity index (χ0) is 7.66. The number of unbranched alkanes of at least 4 members (excludes halogenated alkanes) is 2. The highest BCUT2D eigenvalue weighted by atomic mass is 28.2. The summed E-state index contributed by atoms with van der Waals surface area (Å²) in [6, 6.07) is 1.26. The van der Waals surface area contributed by atoms with Crippen LogP contribution in [0.3, 0.4) is 0 Å². The molecule has 0 spiro atoms. The molecule has 0 saturated carbocycles. The molecule has 0 aliphatic rings. The zero-order valence-corrected chi connectivity index (χ0v) is 8.15. The molecule has 0 aliphatic carbocycles. The topological polar surface area (TPSA) is 9.23 Å². The molecule has 0 aliphatic heterocycles. The fourth-order valence-corrected chi connectivity index (χ4v) is 1.54. The van der Waals surface area contributed by atoms with Gasteiger partial charge in [0.2, 0.25) is 9.76 Å². The molecule has 0 N–H and O–H groups in total. The largest absolute Gasteiger partial charge is 0.417 e. The molecule has 0 bridgehead atoms. The first-order valence-corrected chi connectivity index (χ1v) is 5.38. The van der Waals surface area contributed by atoms with Gasteiger partial charge in [-0.1, -0.05) is 33.1 Å². The van der Waals surface area contributed by atoms with Crippen LogP contribution in [0.15, 0.2) is 0 Å². The monoisotopic (exact) mass is 158 g/mol. The van der Waals surface area contributed by atoms with E-state index >= 15 is 0 Å². The summed E-state index contributed by atoms with van der Waals surface area (Å²) in [4.78, 5) is 0. The van der Waals surface area contributed by atoms with Crippen LogP contribution >= 0.6 is 0 Å². The molecule has 10 heavy (non-hydrogen) atoms. The lowest BCUT2D eigenvalue weighted by Crippen LogP contribution is -1.99. The minimum Gasteiger partial charge on any atom is -0.417 e. The van der Waals surface area contributed by atoms with E-state index < -0.39 is 0 Å². The molecule has 0 aromatic rings. The SMILES string of the molecule is CCCCO[Si]CCCC. The molecule has 0 heterocycles. The van der Waals surface area contributed by atoms with Crippen LogP contribution in [0.5, 0.6) is 0 Å². The van der Waals surface area contributed by atoms with Crippen molar-refractivity contribution in [2.45, 2.75) is 45.6 Å². The second-order valence-corrected chi connectivity index (χ2v) is 3.53. The van der Waals surface area contributed by atoms with E-state index in [9.17, 15) is 0 Å². The standard InChI is InChI=1S/C8H18OSi/c1-3-5-7-9-10-8-6-4-2/h3-8H2,1-2H3. The number of hydrogen-bond donors (Lipinski definition) is 0. The summed E-state index contributed by atoms with van der Waals surface area (Å²) in [6.07, 6.45) is 5.09. The van der Waals surface area contributed by atoms with Crippen LogP contribution in [0.4, 0.5) is 0 Å². The van der Waals surface area contributed by atoms with Gasteiger partial charge in [-0.05, 0) is 12.5 Å². The van der Waals surface area contributed by atoms with Gasteiger partial charge in [0.05, 0.1) is 0 Å². The minimum absolute atomic E-state index is 0.749. The Balaban J connectivity index is 2.65. The summed E-state index contributed by atoms with van der Waals surface area (Å²) in [7, 11) is 0.749. The maximum atomic E-state index is 5.40. The van der Waals surface area contributed by atoms with Crippen molar-refractivity contribution >= 4 is 9.76 Å². The molecule has 0 atom stereocenters. The van der Waals surface area contributed by atoms with Gasteiger partial charge in [0.1, 0.15) is 0 Å². The summed E-state index contributed by atoms with van der Waals surface area (Å²) in [6.45, 7) is 5.38. The minimum atomic E-state index is 0.749. The van der Waals surface area contributed by atoms with Crippen molar-refractivity contribution in [3.63, 3.8) is 0 Å². The molecule has 2 radical (unpaired) electrons. The normalized spacial score (nSPS) is 10.2. The molecular weight excluding hydrogens is 140 g/mol. The van der Waals surface area contributed by atoms with E-state index in [2.05, 4.69) is 13.8 Å². The van der Waals surface area contributed by atoms with E-state index in [1.807, 2.05) is 0 Å². The molecule has 0 fully saturated rings. The maximum absolute atomic E-state index is 5.40. The number of rotatable bonds is 7. The summed E-state index contributed by atoms with van der Waals surface area (Å²) in [5.74, 6) is 0. The van der Waals surface area contributed by atoms with Crippen molar-refractivity contribution in [3.8, 4) is 0 Å². The molecule has 0 amide bonds. The molecule has 0 aromatic carbocycles. The van der Waals surface area contributed by atoms with Gasteiger partial charge in [-0.15, -0.1) is 0 Å². The first-order valence-electron chi connectivity index (χ1n) is 4.26. The molecule has 0 saturated heterocycles. The second-order valence-electron chi connectivity index (χ2n) is 2.45. The highest BCUT2D eigenvalue weighted by Crippen LogP contribution is 1.94. The molecule has 0 rings (SSSR count). The lowest BCUT2D eigenvalue weighted by atomic mass is 10.4. The molecule has 2 heteroatoms. The Morgan fingerprint density at radius 2 is 1.80 bits per heavy atom. The molecule has 0 aromatic heterocycles. The average molecular weight is 158 g/mol. The first-order chi connectivity index (χ1) is 4.91. The first kappa shape index (κ1) is 10.2. The second kappa shape index (κ2) is 9.18.